The summed E-state index contributed by atoms with van der Waals surface area (Å²) in [6.07, 6.45) is 4.06. The molecule has 0 aliphatic carbocycles. The molecule has 0 saturated carbocycles. The number of sulfonamides is 1. The fourth-order valence-electron chi connectivity index (χ4n) is 3.64. The minimum Gasteiger partial charge on any atom is -0.381 e. The van der Waals surface area contributed by atoms with Crippen LogP contribution in [-0.4, -0.2) is 63.1 Å². The molecule has 0 radical (unpaired) electrons. The molecule has 5 nitrogen and oxygen atoms in total. The summed E-state index contributed by atoms with van der Waals surface area (Å²) in [5, 5.41) is 0. The van der Waals surface area contributed by atoms with Crippen LogP contribution in [0, 0.1) is 0 Å². The molecule has 0 unspecified atom stereocenters. The van der Waals surface area contributed by atoms with Crippen LogP contribution in [0.2, 0.25) is 0 Å². The molecule has 134 valence electrons. The first-order valence-electron chi connectivity index (χ1n) is 8.99. The van der Waals surface area contributed by atoms with Crippen molar-refractivity contribution in [1.82, 2.24) is 9.21 Å². The average molecular weight is 353 g/mol. The Balaban J connectivity index is 1.71. The highest BCUT2D eigenvalue weighted by atomic mass is 32.2. The van der Waals surface area contributed by atoms with E-state index in [1.54, 1.807) is 4.31 Å². The number of hydrogen-bond acceptors (Lipinski definition) is 4. The number of likely N-dealkylation sites (tertiary alicyclic amines) is 1. The van der Waals surface area contributed by atoms with Gasteiger partial charge in [0, 0.05) is 32.3 Å². The molecule has 2 fully saturated rings. The summed E-state index contributed by atoms with van der Waals surface area (Å²) in [6, 6.07) is 9.57. The lowest BCUT2D eigenvalue weighted by Crippen LogP contribution is -2.47. The van der Waals surface area contributed by atoms with Crippen molar-refractivity contribution in [2.45, 2.75) is 37.5 Å². The van der Waals surface area contributed by atoms with Crippen LogP contribution < -0.4 is 0 Å². The van der Waals surface area contributed by atoms with Crippen molar-refractivity contribution in [2.75, 3.05) is 39.4 Å². The Morgan fingerprint density at radius 2 is 1.75 bits per heavy atom. The maximum Gasteiger partial charge on any atom is 0.218 e. The van der Waals surface area contributed by atoms with Crippen molar-refractivity contribution in [3.05, 3.63) is 35.9 Å². The zero-order valence-electron chi connectivity index (χ0n) is 14.3. The predicted octanol–water partition coefficient (Wildman–Crippen LogP) is 2.09. The maximum absolute atomic E-state index is 13.1. The van der Waals surface area contributed by atoms with Crippen LogP contribution in [0.25, 0.3) is 0 Å². The molecule has 0 amide bonds. The van der Waals surface area contributed by atoms with E-state index in [0.29, 0.717) is 19.8 Å². The first-order valence-corrected chi connectivity index (χ1v) is 10.6. The van der Waals surface area contributed by atoms with E-state index < -0.39 is 10.0 Å². The minimum absolute atomic E-state index is 0.0788. The summed E-state index contributed by atoms with van der Waals surface area (Å²) >= 11 is 0. The molecule has 0 bridgehead atoms. The van der Waals surface area contributed by atoms with E-state index in [9.17, 15) is 8.42 Å². The molecule has 1 aromatic carbocycles. The lowest BCUT2D eigenvalue weighted by atomic mass is 10.1. The van der Waals surface area contributed by atoms with E-state index in [2.05, 4.69) is 4.90 Å². The summed E-state index contributed by atoms with van der Waals surface area (Å²) in [6.45, 7) is 4.95. The largest absolute Gasteiger partial charge is 0.381 e. The van der Waals surface area contributed by atoms with Crippen molar-refractivity contribution in [3.8, 4) is 0 Å². The van der Waals surface area contributed by atoms with Gasteiger partial charge < -0.3 is 9.64 Å². The molecular formula is C18H28N2O3S. The molecule has 2 heterocycles. The lowest BCUT2D eigenvalue weighted by Gasteiger charge is -2.34. The third kappa shape index (κ3) is 4.79. The van der Waals surface area contributed by atoms with Crippen molar-refractivity contribution < 1.29 is 13.2 Å². The Hall–Kier alpha value is -0.950. The van der Waals surface area contributed by atoms with Gasteiger partial charge in [-0.25, -0.2) is 8.42 Å². The van der Waals surface area contributed by atoms with Gasteiger partial charge in [0.25, 0.3) is 0 Å². The Kier molecular flexibility index (Phi) is 6.27. The predicted molar refractivity (Wildman–Crippen MR) is 95.3 cm³/mol. The lowest BCUT2D eigenvalue weighted by molar-refractivity contribution is 0.0568. The van der Waals surface area contributed by atoms with Crippen molar-refractivity contribution >= 4 is 10.0 Å². The smallest absolute Gasteiger partial charge is 0.218 e. The minimum atomic E-state index is -3.32. The number of benzene rings is 1. The van der Waals surface area contributed by atoms with Crippen LogP contribution in [0.5, 0.6) is 0 Å². The molecule has 24 heavy (non-hydrogen) atoms. The van der Waals surface area contributed by atoms with Crippen LogP contribution >= 0.6 is 0 Å². The molecule has 2 aliphatic rings. The van der Waals surface area contributed by atoms with E-state index in [0.717, 1.165) is 38.0 Å². The van der Waals surface area contributed by atoms with Crippen LogP contribution in [0.1, 0.15) is 31.2 Å². The van der Waals surface area contributed by atoms with Gasteiger partial charge in [-0.3, -0.25) is 0 Å². The van der Waals surface area contributed by atoms with E-state index >= 15 is 0 Å². The number of ether oxygens (including phenoxy) is 1. The Morgan fingerprint density at radius 3 is 2.42 bits per heavy atom. The van der Waals surface area contributed by atoms with E-state index in [-0.39, 0.29) is 11.8 Å². The molecule has 2 saturated heterocycles. The quantitative estimate of drug-likeness (QED) is 0.754. The van der Waals surface area contributed by atoms with Crippen LogP contribution in [-0.2, 0) is 20.5 Å². The fraction of sp³-hybridized carbons (Fsp3) is 0.667. The van der Waals surface area contributed by atoms with Crippen molar-refractivity contribution in [3.63, 3.8) is 0 Å². The third-order valence-corrected chi connectivity index (χ3v) is 6.88. The van der Waals surface area contributed by atoms with Crippen LogP contribution in [0.15, 0.2) is 30.3 Å². The molecule has 6 heteroatoms. The molecule has 1 aromatic rings. The van der Waals surface area contributed by atoms with E-state index in [1.165, 1.54) is 12.8 Å². The first-order chi connectivity index (χ1) is 11.6. The number of nitrogens with zero attached hydrogens (tertiary/aromatic N) is 2. The monoisotopic (exact) mass is 352 g/mol. The number of hydrogen-bond donors (Lipinski definition) is 0. The van der Waals surface area contributed by atoms with Crippen molar-refractivity contribution in [2.24, 2.45) is 0 Å². The van der Waals surface area contributed by atoms with E-state index in [4.69, 9.17) is 4.74 Å². The van der Waals surface area contributed by atoms with Gasteiger partial charge in [-0.2, -0.15) is 4.31 Å². The normalized spacial score (nSPS) is 20.7. The van der Waals surface area contributed by atoms with Crippen molar-refractivity contribution in [1.29, 1.82) is 0 Å². The summed E-state index contributed by atoms with van der Waals surface area (Å²) in [5.74, 6) is 0.0885. The fourth-order valence-corrected chi connectivity index (χ4v) is 5.44. The summed E-state index contributed by atoms with van der Waals surface area (Å²) in [5.41, 5.74) is 0.857. The van der Waals surface area contributed by atoms with Gasteiger partial charge in [-0.1, -0.05) is 30.3 Å². The molecule has 0 spiro atoms. The molecule has 0 N–H and O–H groups in total. The first kappa shape index (κ1) is 17.9. The zero-order valence-corrected chi connectivity index (χ0v) is 15.1. The summed E-state index contributed by atoms with van der Waals surface area (Å²) < 4.78 is 33.3. The second-order valence-electron chi connectivity index (χ2n) is 6.74. The van der Waals surface area contributed by atoms with Gasteiger partial charge in [0.15, 0.2) is 0 Å². The van der Waals surface area contributed by atoms with Gasteiger partial charge in [-0.05, 0) is 44.3 Å². The van der Waals surface area contributed by atoms with Gasteiger partial charge in [0.1, 0.15) is 0 Å². The van der Waals surface area contributed by atoms with E-state index in [1.807, 2.05) is 30.3 Å². The SMILES string of the molecule is O=S(=O)(Cc1ccccc1)N(CCN1CCCC1)C1CCOCC1. The Morgan fingerprint density at radius 1 is 1.08 bits per heavy atom. The molecule has 0 atom stereocenters. The average Bonchev–Trinajstić information content (AvgIpc) is 3.10. The van der Waals surface area contributed by atoms with Gasteiger partial charge in [-0.15, -0.1) is 0 Å². The molecule has 0 aromatic heterocycles. The second-order valence-corrected chi connectivity index (χ2v) is 8.67. The highest BCUT2D eigenvalue weighted by molar-refractivity contribution is 7.88. The van der Waals surface area contributed by atoms with Gasteiger partial charge in [0.2, 0.25) is 10.0 Å². The highest BCUT2D eigenvalue weighted by Gasteiger charge is 2.31. The Bertz CT molecular complexity index is 594. The Labute approximate surface area is 145 Å². The summed E-state index contributed by atoms with van der Waals surface area (Å²) in [7, 11) is -3.32. The highest BCUT2D eigenvalue weighted by Crippen LogP contribution is 2.21. The van der Waals surface area contributed by atoms with Gasteiger partial charge in [0.05, 0.1) is 5.75 Å². The standard InChI is InChI=1S/C18H28N2O3S/c21-24(22,16-17-6-2-1-3-7-17)20(18-8-14-23-15-9-18)13-12-19-10-4-5-11-19/h1-3,6-7,18H,4-5,8-16H2. The topological polar surface area (TPSA) is 49.9 Å². The third-order valence-electron chi connectivity index (χ3n) is 4.98. The molecule has 2 aliphatic heterocycles. The summed E-state index contributed by atoms with van der Waals surface area (Å²) in [4.78, 5) is 2.38. The van der Waals surface area contributed by atoms with Crippen LogP contribution in [0.4, 0.5) is 0 Å². The second kappa shape index (κ2) is 8.43. The molecule has 3 rings (SSSR count). The van der Waals surface area contributed by atoms with Gasteiger partial charge >= 0.3 is 0 Å². The zero-order chi connectivity index (χ0) is 16.8. The van der Waals surface area contributed by atoms with Crippen LogP contribution in [0.3, 0.4) is 0 Å². The number of rotatable bonds is 7. The molecular weight excluding hydrogens is 324 g/mol. The maximum atomic E-state index is 13.1.